The Balaban J connectivity index is 2.69. The molecule has 0 unspecified atom stereocenters. The van der Waals surface area contributed by atoms with Crippen LogP contribution in [0.3, 0.4) is 0 Å². The topological polar surface area (TPSA) is 71.5 Å². The van der Waals surface area contributed by atoms with Gasteiger partial charge in [0.05, 0.1) is 6.54 Å². The second-order valence-corrected chi connectivity index (χ2v) is 5.16. The van der Waals surface area contributed by atoms with Crippen LogP contribution in [0.1, 0.15) is 44.0 Å². The zero-order valence-corrected chi connectivity index (χ0v) is 11.6. The molecule has 102 valence electrons. The summed E-state index contributed by atoms with van der Waals surface area (Å²) in [6.07, 6.45) is 0. The van der Waals surface area contributed by atoms with Crippen molar-refractivity contribution < 1.29 is 9.21 Å². The summed E-state index contributed by atoms with van der Waals surface area (Å²) in [4.78, 5) is 13.6. The van der Waals surface area contributed by atoms with Crippen molar-refractivity contribution in [3.05, 3.63) is 23.7 Å². The molecule has 5 nitrogen and oxygen atoms in total. The number of hydrogen-bond acceptors (Lipinski definition) is 4. The van der Waals surface area contributed by atoms with Gasteiger partial charge in [0, 0.05) is 12.6 Å². The minimum atomic E-state index is -0.402. The van der Waals surface area contributed by atoms with Crippen LogP contribution in [-0.4, -0.2) is 23.4 Å². The number of hydrogen-bond donors (Lipinski definition) is 2. The number of carbonyl (C=O) groups is 1. The molecule has 0 bridgehead atoms. The predicted molar refractivity (Wildman–Crippen MR) is 70.7 cm³/mol. The zero-order valence-electron chi connectivity index (χ0n) is 11.6. The Hall–Kier alpha value is -1.33. The maximum atomic E-state index is 11.3. The van der Waals surface area contributed by atoms with Crippen molar-refractivity contribution >= 4 is 5.91 Å². The first kappa shape index (κ1) is 14.7. The first-order valence-electron chi connectivity index (χ1n) is 6.27. The number of furan rings is 1. The fourth-order valence-electron chi connectivity index (χ4n) is 1.78. The highest BCUT2D eigenvalue weighted by Crippen LogP contribution is 2.14. The summed E-state index contributed by atoms with van der Waals surface area (Å²) in [6.45, 7) is 10.4. The van der Waals surface area contributed by atoms with E-state index >= 15 is 0 Å². The van der Waals surface area contributed by atoms with Crippen LogP contribution in [-0.2, 0) is 6.54 Å². The second-order valence-electron chi connectivity index (χ2n) is 5.16. The zero-order chi connectivity index (χ0) is 13.7. The number of nitrogen functional groups attached to an aromatic ring is 1. The minimum absolute atomic E-state index is 0.251. The third kappa shape index (κ3) is 4.16. The molecule has 0 aliphatic heterocycles. The van der Waals surface area contributed by atoms with Gasteiger partial charge in [0.25, 0.3) is 0 Å². The van der Waals surface area contributed by atoms with Gasteiger partial charge in [-0.3, -0.25) is 15.1 Å². The third-order valence-electron chi connectivity index (χ3n) is 2.71. The van der Waals surface area contributed by atoms with Gasteiger partial charge in [-0.15, -0.1) is 0 Å². The molecule has 0 saturated heterocycles. The summed E-state index contributed by atoms with van der Waals surface area (Å²) in [6, 6.07) is 3.90. The average Bonchev–Trinajstić information content (AvgIpc) is 2.75. The largest absolute Gasteiger partial charge is 0.455 e. The molecule has 0 fully saturated rings. The Kier molecular flexibility index (Phi) is 5.37. The molecule has 18 heavy (non-hydrogen) atoms. The lowest BCUT2D eigenvalue weighted by Gasteiger charge is -2.27. The van der Waals surface area contributed by atoms with Crippen LogP contribution in [0.4, 0.5) is 0 Å². The molecule has 1 rings (SSSR count). The molecule has 0 saturated carbocycles. The number of nitrogens with one attached hydrogen (secondary N) is 1. The number of carbonyl (C=O) groups excluding carboxylic acids is 1. The van der Waals surface area contributed by atoms with Crippen LogP contribution in [0.15, 0.2) is 16.5 Å². The summed E-state index contributed by atoms with van der Waals surface area (Å²) in [5, 5.41) is 0. The van der Waals surface area contributed by atoms with Crippen molar-refractivity contribution in [3.63, 3.8) is 0 Å². The molecule has 0 aliphatic carbocycles. The minimum Gasteiger partial charge on any atom is -0.455 e. The third-order valence-corrected chi connectivity index (χ3v) is 2.71. The van der Waals surface area contributed by atoms with Crippen molar-refractivity contribution in [3.8, 4) is 0 Å². The number of amides is 1. The molecule has 1 heterocycles. The van der Waals surface area contributed by atoms with Crippen LogP contribution < -0.4 is 11.3 Å². The maximum absolute atomic E-state index is 11.3. The fourth-order valence-corrected chi connectivity index (χ4v) is 1.78. The summed E-state index contributed by atoms with van der Waals surface area (Å²) in [5.74, 6) is 6.28. The van der Waals surface area contributed by atoms with Gasteiger partial charge in [-0.05, 0) is 31.9 Å². The van der Waals surface area contributed by atoms with E-state index in [4.69, 9.17) is 10.3 Å². The first-order chi connectivity index (χ1) is 8.43. The van der Waals surface area contributed by atoms with Crippen LogP contribution >= 0.6 is 0 Å². The van der Waals surface area contributed by atoms with Gasteiger partial charge in [0.15, 0.2) is 5.76 Å². The van der Waals surface area contributed by atoms with Crippen LogP contribution in [0.25, 0.3) is 0 Å². The quantitative estimate of drug-likeness (QED) is 0.460. The average molecular weight is 253 g/mol. The Labute approximate surface area is 108 Å². The van der Waals surface area contributed by atoms with Gasteiger partial charge in [0.1, 0.15) is 5.76 Å². The van der Waals surface area contributed by atoms with Gasteiger partial charge >= 0.3 is 5.91 Å². The Morgan fingerprint density at radius 1 is 1.39 bits per heavy atom. The molecule has 1 aromatic heterocycles. The van der Waals surface area contributed by atoms with E-state index in [2.05, 4.69) is 38.0 Å². The maximum Gasteiger partial charge on any atom is 0.300 e. The SMILES string of the molecule is CC(C)CN(Cc1ccc(C(=O)NN)o1)C(C)C. The summed E-state index contributed by atoms with van der Waals surface area (Å²) >= 11 is 0. The number of nitrogens with zero attached hydrogens (tertiary/aromatic N) is 1. The molecule has 0 radical (unpaired) electrons. The molecule has 0 aromatic carbocycles. The lowest BCUT2D eigenvalue weighted by atomic mass is 10.1. The fraction of sp³-hybridized carbons (Fsp3) is 0.615. The Morgan fingerprint density at radius 3 is 2.56 bits per heavy atom. The van der Waals surface area contributed by atoms with Crippen LogP contribution in [0.2, 0.25) is 0 Å². The normalized spacial score (nSPS) is 11.6. The Morgan fingerprint density at radius 2 is 2.06 bits per heavy atom. The van der Waals surface area contributed by atoms with E-state index < -0.39 is 5.91 Å². The van der Waals surface area contributed by atoms with E-state index in [1.165, 1.54) is 0 Å². The number of nitrogens with two attached hydrogens (primary N) is 1. The van der Waals surface area contributed by atoms with Crippen molar-refractivity contribution in [2.24, 2.45) is 11.8 Å². The lowest BCUT2D eigenvalue weighted by Crippen LogP contribution is -2.33. The standard InChI is InChI=1S/C13H23N3O2/c1-9(2)7-16(10(3)4)8-11-5-6-12(18-11)13(17)15-14/h5-6,9-10H,7-8,14H2,1-4H3,(H,15,17). The smallest absolute Gasteiger partial charge is 0.300 e. The molecule has 0 spiro atoms. The van der Waals surface area contributed by atoms with Gasteiger partial charge in [0.2, 0.25) is 0 Å². The van der Waals surface area contributed by atoms with Gasteiger partial charge in [-0.25, -0.2) is 5.84 Å². The van der Waals surface area contributed by atoms with Crippen molar-refractivity contribution in [1.29, 1.82) is 0 Å². The molecule has 5 heteroatoms. The highest BCUT2D eigenvalue weighted by Gasteiger charge is 2.15. The van der Waals surface area contributed by atoms with Crippen LogP contribution in [0, 0.1) is 5.92 Å². The van der Waals surface area contributed by atoms with E-state index in [1.807, 2.05) is 6.07 Å². The molecule has 1 amide bonds. The van der Waals surface area contributed by atoms with Gasteiger partial charge in [-0.1, -0.05) is 13.8 Å². The molecule has 0 atom stereocenters. The molecule has 0 aliphatic rings. The summed E-state index contributed by atoms with van der Waals surface area (Å²) in [7, 11) is 0. The second kappa shape index (κ2) is 6.56. The monoisotopic (exact) mass is 253 g/mol. The van der Waals surface area contributed by atoms with Crippen molar-refractivity contribution in [1.82, 2.24) is 10.3 Å². The van der Waals surface area contributed by atoms with Crippen LogP contribution in [0.5, 0.6) is 0 Å². The predicted octanol–water partition coefficient (Wildman–Crippen LogP) is 1.75. The van der Waals surface area contributed by atoms with Gasteiger partial charge in [-0.2, -0.15) is 0 Å². The van der Waals surface area contributed by atoms with Crippen molar-refractivity contribution in [2.45, 2.75) is 40.3 Å². The Bertz CT molecular complexity index is 385. The highest BCUT2D eigenvalue weighted by molar-refractivity contribution is 5.90. The van der Waals surface area contributed by atoms with Gasteiger partial charge < -0.3 is 4.42 Å². The van der Waals surface area contributed by atoms with E-state index in [1.54, 1.807) is 6.07 Å². The molecule has 3 N–H and O–H groups in total. The summed E-state index contributed by atoms with van der Waals surface area (Å²) in [5.41, 5.74) is 2.06. The van der Waals surface area contributed by atoms with E-state index in [0.29, 0.717) is 18.5 Å². The van der Waals surface area contributed by atoms with E-state index in [9.17, 15) is 4.79 Å². The van der Waals surface area contributed by atoms with E-state index in [0.717, 1.165) is 12.3 Å². The van der Waals surface area contributed by atoms with E-state index in [-0.39, 0.29) is 5.76 Å². The lowest BCUT2D eigenvalue weighted by molar-refractivity contribution is 0.0920. The highest BCUT2D eigenvalue weighted by atomic mass is 16.4. The summed E-state index contributed by atoms with van der Waals surface area (Å²) < 4.78 is 5.46. The number of rotatable bonds is 6. The number of hydrazine groups is 1. The van der Waals surface area contributed by atoms with Crippen molar-refractivity contribution in [2.75, 3.05) is 6.54 Å². The molecule has 1 aromatic rings. The molecular weight excluding hydrogens is 230 g/mol. The molecular formula is C13H23N3O2. The first-order valence-corrected chi connectivity index (χ1v) is 6.27.